The zero-order chi connectivity index (χ0) is 15.1. The SMILES string of the molecule is CC[C@@H](C)[C@H](NCc1ccccc1)C(=O)N1CCSCC1.Cl. The summed E-state index contributed by atoms with van der Waals surface area (Å²) in [4.78, 5) is 14.8. The Morgan fingerprint density at radius 3 is 2.50 bits per heavy atom. The second-order valence-electron chi connectivity index (χ2n) is 5.67. The van der Waals surface area contributed by atoms with Crippen molar-refractivity contribution in [3.63, 3.8) is 0 Å². The Morgan fingerprint density at radius 1 is 1.27 bits per heavy atom. The minimum atomic E-state index is -0.0710. The molecule has 3 nitrogen and oxygen atoms in total. The Hall–Kier alpha value is -0.710. The number of nitrogens with one attached hydrogen (secondary N) is 1. The fourth-order valence-corrected chi connectivity index (χ4v) is 3.47. The maximum absolute atomic E-state index is 12.8. The summed E-state index contributed by atoms with van der Waals surface area (Å²) in [5.74, 6) is 2.77. The number of thioether (sulfide) groups is 1. The molecule has 2 atom stereocenters. The monoisotopic (exact) mass is 342 g/mol. The third-order valence-corrected chi connectivity index (χ3v) is 5.11. The lowest BCUT2D eigenvalue weighted by molar-refractivity contribution is -0.134. The van der Waals surface area contributed by atoms with Crippen molar-refractivity contribution >= 4 is 30.1 Å². The number of rotatable bonds is 6. The van der Waals surface area contributed by atoms with Gasteiger partial charge in [-0.1, -0.05) is 50.6 Å². The zero-order valence-corrected chi connectivity index (χ0v) is 15.1. The average molecular weight is 343 g/mol. The van der Waals surface area contributed by atoms with Crippen LogP contribution in [0.5, 0.6) is 0 Å². The van der Waals surface area contributed by atoms with E-state index in [1.165, 1.54) is 5.56 Å². The molecule has 1 heterocycles. The van der Waals surface area contributed by atoms with E-state index in [1.807, 2.05) is 34.9 Å². The van der Waals surface area contributed by atoms with E-state index >= 15 is 0 Å². The van der Waals surface area contributed by atoms with Gasteiger partial charge in [-0.3, -0.25) is 4.79 Å². The third kappa shape index (κ3) is 5.49. The van der Waals surface area contributed by atoms with E-state index in [1.54, 1.807) is 0 Å². The van der Waals surface area contributed by atoms with E-state index < -0.39 is 0 Å². The van der Waals surface area contributed by atoms with E-state index in [4.69, 9.17) is 0 Å². The second-order valence-corrected chi connectivity index (χ2v) is 6.89. The molecule has 1 aliphatic rings. The van der Waals surface area contributed by atoms with Crippen LogP contribution in [0.3, 0.4) is 0 Å². The number of hydrogen-bond acceptors (Lipinski definition) is 3. The Bertz CT molecular complexity index is 438. The summed E-state index contributed by atoms with van der Waals surface area (Å²) in [5, 5.41) is 3.49. The van der Waals surface area contributed by atoms with Crippen LogP contribution in [0, 0.1) is 5.92 Å². The molecular formula is C17H27ClN2OS. The first-order valence-electron chi connectivity index (χ1n) is 7.86. The van der Waals surface area contributed by atoms with Crippen molar-refractivity contribution in [3.8, 4) is 0 Å². The van der Waals surface area contributed by atoms with E-state index in [-0.39, 0.29) is 24.4 Å². The predicted octanol–water partition coefficient (Wildman–Crippen LogP) is 3.19. The Labute approximate surface area is 144 Å². The normalized spacial score (nSPS) is 17.5. The van der Waals surface area contributed by atoms with Crippen LogP contribution in [0.4, 0.5) is 0 Å². The van der Waals surface area contributed by atoms with Crippen molar-refractivity contribution < 1.29 is 4.79 Å². The smallest absolute Gasteiger partial charge is 0.240 e. The summed E-state index contributed by atoms with van der Waals surface area (Å²) in [5.41, 5.74) is 1.23. The molecule has 0 bridgehead atoms. The molecule has 2 rings (SSSR count). The van der Waals surface area contributed by atoms with E-state index in [2.05, 4.69) is 31.3 Å². The fourth-order valence-electron chi connectivity index (χ4n) is 2.57. The Morgan fingerprint density at radius 2 is 1.91 bits per heavy atom. The van der Waals surface area contributed by atoms with E-state index in [0.717, 1.165) is 37.6 Å². The van der Waals surface area contributed by atoms with Gasteiger partial charge in [-0.15, -0.1) is 12.4 Å². The van der Waals surface area contributed by atoms with Gasteiger partial charge in [0, 0.05) is 31.1 Å². The maximum atomic E-state index is 12.8. The summed E-state index contributed by atoms with van der Waals surface area (Å²) < 4.78 is 0. The largest absolute Gasteiger partial charge is 0.340 e. The highest BCUT2D eigenvalue weighted by atomic mass is 35.5. The molecule has 1 fully saturated rings. The standard InChI is InChI=1S/C17H26N2OS.ClH/c1-3-14(2)16(17(20)19-9-11-21-12-10-19)18-13-15-7-5-4-6-8-15;/h4-8,14,16,18H,3,9-13H2,1-2H3;1H/t14-,16+;/m1./s1. The highest BCUT2D eigenvalue weighted by Gasteiger charge is 2.28. The summed E-state index contributed by atoms with van der Waals surface area (Å²) in [6, 6.07) is 10.2. The van der Waals surface area contributed by atoms with Gasteiger partial charge in [0.15, 0.2) is 0 Å². The van der Waals surface area contributed by atoms with Crippen molar-refractivity contribution in [1.29, 1.82) is 0 Å². The lowest BCUT2D eigenvalue weighted by Crippen LogP contribution is -2.51. The fraction of sp³-hybridized carbons (Fsp3) is 0.588. The molecule has 1 aromatic carbocycles. The number of nitrogens with zero attached hydrogens (tertiary/aromatic N) is 1. The molecule has 1 aromatic rings. The summed E-state index contributed by atoms with van der Waals surface area (Å²) in [6.45, 7) is 6.86. The van der Waals surface area contributed by atoms with Gasteiger partial charge in [-0.2, -0.15) is 11.8 Å². The maximum Gasteiger partial charge on any atom is 0.240 e. The lowest BCUT2D eigenvalue weighted by Gasteiger charge is -2.33. The van der Waals surface area contributed by atoms with Crippen LogP contribution in [0.1, 0.15) is 25.8 Å². The first-order valence-corrected chi connectivity index (χ1v) is 9.01. The van der Waals surface area contributed by atoms with E-state index in [0.29, 0.717) is 5.92 Å². The zero-order valence-electron chi connectivity index (χ0n) is 13.5. The molecule has 0 radical (unpaired) electrons. The molecule has 0 unspecified atom stereocenters. The van der Waals surface area contributed by atoms with Crippen LogP contribution in [0.2, 0.25) is 0 Å². The van der Waals surface area contributed by atoms with Gasteiger partial charge in [0.05, 0.1) is 6.04 Å². The molecule has 22 heavy (non-hydrogen) atoms. The first-order chi connectivity index (χ1) is 10.2. The number of halogens is 1. The van der Waals surface area contributed by atoms with Crippen LogP contribution in [-0.2, 0) is 11.3 Å². The van der Waals surface area contributed by atoms with Crippen molar-refractivity contribution in [2.75, 3.05) is 24.6 Å². The van der Waals surface area contributed by atoms with Gasteiger partial charge in [-0.05, 0) is 11.5 Å². The van der Waals surface area contributed by atoms with Crippen LogP contribution < -0.4 is 5.32 Å². The summed E-state index contributed by atoms with van der Waals surface area (Å²) in [7, 11) is 0. The molecule has 0 spiro atoms. The summed E-state index contributed by atoms with van der Waals surface area (Å²) >= 11 is 1.94. The third-order valence-electron chi connectivity index (χ3n) is 4.17. The lowest BCUT2D eigenvalue weighted by atomic mass is 9.97. The Balaban J connectivity index is 0.00000242. The molecule has 124 valence electrons. The molecular weight excluding hydrogens is 316 g/mol. The minimum Gasteiger partial charge on any atom is -0.340 e. The molecule has 0 saturated carbocycles. The molecule has 1 N–H and O–H groups in total. The highest BCUT2D eigenvalue weighted by molar-refractivity contribution is 7.99. The number of hydrogen-bond donors (Lipinski definition) is 1. The Kier molecular flexibility index (Phi) is 8.91. The van der Waals surface area contributed by atoms with Crippen LogP contribution in [-0.4, -0.2) is 41.4 Å². The van der Waals surface area contributed by atoms with Gasteiger partial charge in [0.25, 0.3) is 0 Å². The quantitative estimate of drug-likeness (QED) is 0.861. The topological polar surface area (TPSA) is 32.3 Å². The molecule has 1 amide bonds. The van der Waals surface area contributed by atoms with E-state index in [9.17, 15) is 4.79 Å². The first kappa shape index (κ1) is 19.3. The van der Waals surface area contributed by atoms with Crippen LogP contribution in [0.25, 0.3) is 0 Å². The summed E-state index contributed by atoms with van der Waals surface area (Å²) in [6.07, 6.45) is 1.01. The van der Waals surface area contributed by atoms with Crippen LogP contribution in [0.15, 0.2) is 30.3 Å². The number of amides is 1. The number of carbonyl (C=O) groups is 1. The molecule has 1 saturated heterocycles. The van der Waals surface area contributed by atoms with Crippen molar-refractivity contribution in [3.05, 3.63) is 35.9 Å². The second kappa shape index (κ2) is 10.1. The minimum absolute atomic E-state index is 0. The number of carbonyl (C=O) groups excluding carboxylic acids is 1. The molecule has 5 heteroatoms. The predicted molar refractivity (Wildman–Crippen MR) is 97.7 cm³/mol. The van der Waals surface area contributed by atoms with Crippen LogP contribution >= 0.6 is 24.2 Å². The average Bonchev–Trinajstić information content (AvgIpc) is 2.56. The highest BCUT2D eigenvalue weighted by Crippen LogP contribution is 2.16. The van der Waals surface area contributed by atoms with Gasteiger partial charge >= 0.3 is 0 Å². The molecule has 0 aromatic heterocycles. The van der Waals surface area contributed by atoms with Crippen molar-refractivity contribution in [2.24, 2.45) is 5.92 Å². The molecule has 0 aliphatic carbocycles. The van der Waals surface area contributed by atoms with Gasteiger partial charge in [0.2, 0.25) is 5.91 Å². The van der Waals surface area contributed by atoms with Gasteiger partial charge in [0.1, 0.15) is 0 Å². The van der Waals surface area contributed by atoms with Gasteiger partial charge in [-0.25, -0.2) is 0 Å². The number of benzene rings is 1. The molecule has 1 aliphatic heterocycles. The van der Waals surface area contributed by atoms with Crippen molar-refractivity contribution in [1.82, 2.24) is 10.2 Å². The van der Waals surface area contributed by atoms with Crippen molar-refractivity contribution in [2.45, 2.75) is 32.9 Å². The van der Waals surface area contributed by atoms with Gasteiger partial charge < -0.3 is 10.2 Å².